The number of amides is 12. The van der Waals surface area contributed by atoms with Crippen molar-refractivity contribution in [2.75, 3.05) is 89.7 Å². The molecule has 3 aliphatic heterocycles. The summed E-state index contributed by atoms with van der Waals surface area (Å²) in [6, 6.07) is -10.1. The van der Waals surface area contributed by atoms with Gasteiger partial charge in [-0.2, -0.15) is 13.2 Å². The molecule has 25 nitrogen and oxygen atoms in total. The Morgan fingerprint density at radius 2 is 1.30 bits per heavy atom. The number of methoxy groups -OCH3 is 1. The van der Waals surface area contributed by atoms with Crippen LogP contribution < -0.4 is 10.6 Å². The van der Waals surface area contributed by atoms with E-state index in [1.165, 1.54) is 112 Å². The molecule has 0 radical (unpaired) electrons. The van der Waals surface area contributed by atoms with Gasteiger partial charge in [0.1, 0.15) is 60.4 Å². The van der Waals surface area contributed by atoms with Gasteiger partial charge in [-0.3, -0.25) is 57.5 Å². The van der Waals surface area contributed by atoms with E-state index in [4.69, 9.17) is 4.74 Å². The fraction of sp³-hybridized carbons (Fsp3) is 0.818. The zero-order valence-corrected chi connectivity index (χ0v) is 65.1. The van der Waals surface area contributed by atoms with E-state index in [0.29, 0.717) is 57.3 Å². The highest BCUT2D eigenvalue weighted by Crippen LogP contribution is 2.45. The molecule has 7 fully saturated rings. The van der Waals surface area contributed by atoms with E-state index < -0.39 is 168 Å². The number of rotatable bonds is 13. The van der Waals surface area contributed by atoms with Crippen molar-refractivity contribution < 1.29 is 75.4 Å². The van der Waals surface area contributed by atoms with Gasteiger partial charge in [-0.15, -0.1) is 0 Å². The first-order valence-electron chi connectivity index (χ1n) is 39.1. The van der Waals surface area contributed by atoms with Crippen LogP contribution in [0, 0.1) is 41.4 Å². The summed E-state index contributed by atoms with van der Waals surface area (Å²) in [6.45, 7) is 8.68. The van der Waals surface area contributed by atoms with E-state index in [1.807, 2.05) is 39.8 Å². The van der Waals surface area contributed by atoms with Crippen molar-refractivity contribution in [2.45, 2.75) is 274 Å². The summed E-state index contributed by atoms with van der Waals surface area (Å²) in [7, 11) is 13.1. The number of likely N-dealkylation sites (N-methyl/N-ethyl adjacent to an activating group) is 7. The summed E-state index contributed by atoms with van der Waals surface area (Å²) in [5.74, 6) is -9.85. The predicted octanol–water partition coefficient (Wildman–Crippen LogP) is 6.40. The smallest absolute Gasteiger partial charge is 0.381 e. The Morgan fingerprint density at radius 3 is 1.90 bits per heavy atom. The highest BCUT2D eigenvalue weighted by Gasteiger charge is 2.57. The van der Waals surface area contributed by atoms with Crippen molar-refractivity contribution >= 4 is 70.9 Å². The van der Waals surface area contributed by atoms with Gasteiger partial charge in [0.15, 0.2) is 0 Å². The third-order valence-electron chi connectivity index (χ3n) is 25.2. The average Bonchev–Trinajstić information content (AvgIpc) is 1.35. The standard InChI is InChI=1S/C77H123F3N12O13/c1-15-23-56-67(96)82-65(49(5)16-2)73(102)91(53-33-34-53)46-64(95)86(10)57-26-18-17-21-39-90(72(57)101)60(41-50-29-27-47(3)28-30-50)70(99)84(8)45-62(93)81-55(36-32-51-31-35-54(77(78,79)80)61(42-51)105-14)68(97)92-44-48(4)40-59(92)71(100)89(13)76(37-22-38-76)75(104)88(12)66(52-24-19-20-25-52)74(103)87(11)58(69(98)83(6)7)43-63(94)85(56)9/h17-18,47-61,65-66H,15-16,19-46H2,1-14H3,(H,81,93)(H,82,96)/b18-17-/t47?,48-,49-,50?,51?,54?,55-,56-,57-,58-,59-,60-,61?,65-,66-/m0/s1. The number of halogens is 3. The molecule has 8 aliphatic rings. The molecule has 105 heavy (non-hydrogen) atoms. The van der Waals surface area contributed by atoms with Crippen LogP contribution in [-0.2, 0) is 62.3 Å². The van der Waals surface area contributed by atoms with Gasteiger partial charge < -0.3 is 64.4 Å². The van der Waals surface area contributed by atoms with Crippen LogP contribution in [0.1, 0.15) is 202 Å². The van der Waals surface area contributed by atoms with E-state index in [2.05, 4.69) is 17.6 Å². The predicted molar refractivity (Wildman–Crippen MR) is 387 cm³/mol. The molecule has 28 heteroatoms. The second kappa shape index (κ2) is 36.4. The zero-order chi connectivity index (χ0) is 77.3. The van der Waals surface area contributed by atoms with Crippen molar-refractivity contribution in [3.05, 3.63) is 12.2 Å². The fourth-order valence-corrected chi connectivity index (χ4v) is 17.8. The Morgan fingerprint density at radius 1 is 0.648 bits per heavy atom. The first-order chi connectivity index (χ1) is 49.6. The van der Waals surface area contributed by atoms with E-state index in [1.54, 1.807) is 0 Å². The Hall–Kier alpha value is -6.87. The molecule has 0 aromatic rings. The van der Waals surface area contributed by atoms with Crippen LogP contribution in [0.3, 0.4) is 0 Å². The first kappa shape index (κ1) is 83.8. The summed E-state index contributed by atoms with van der Waals surface area (Å²) in [5, 5.41) is 5.90. The molecule has 1 spiro atoms. The Kier molecular flexibility index (Phi) is 29.0. The van der Waals surface area contributed by atoms with Crippen LogP contribution >= 0.6 is 0 Å². The van der Waals surface area contributed by atoms with E-state index in [9.17, 15) is 37.1 Å². The normalized spacial score (nSPS) is 32.4. The van der Waals surface area contributed by atoms with Gasteiger partial charge in [-0.05, 0) is 145 Å². The van der Waals surface area contributed by atoms with E-state index >= 15 is 33.6 Å². The molecule has 8 rings (SSSR count). The molecular weight excluding hydrogens is 1360 g/mol. The largest absolute Gasteiger partial charge is 0.394 e. The van der Waals surface area contributed by atoms with E-state index in [0.717, 1.165) is 38.5 Å². The molecule has 0 aromatic heterocycles. The maximum atomic E-state index is 15.7. The lowest BCUT2D eigenvalue weighted by Gasteiger charge is -2.51. The molecule has 5 aliphatic carbocycles. The molecule has 5 saturated carbocycles. The minimum atomic E-state index is -4.50. The zero-order valence-electron chi connectivity index (χ0n) is 65.1. The van der Waals surface area contributed by atoms with Crippen LogP contribution in [0.25, 0.3) is 0 Å². The van der Waals surface area contributed by atoms with Gasteiger partial charge in [0.05, 0.1) is 25.0 Å². The van der Waals surface area contributed by atoms with Crippen LogP contribution in [0.15, 0.2) is 12.2 Å². The monoisotopic (exact) mass is 1480 g/mol. The maximum Gasteiger partial charge on any atom is 0.394 e. The summed E-state index contributed by atoms with van der Waals surface area (Å²) >= 11 is 0. The molecule has 13 atom stereocenters. The number of ether oxygens (including phenoxy) is 1. The summed E-state index contributed by atoms with van der Waals surface area (Å²) in [5.41, 5.74) is -1.49. The van der Waals surface area contributed by atoms with Crippen molar-refractivity contribution in [3.63, 3.8) is 0 Å². The highest BCUT2D eigenvalue weighted by atomic mass is 19.4. The van der Waals surface area contributed by atoms with Crippen molar-refractivity contribution in [2.24, 2.45) is 41.4 Å². The number of nitrogens with one attached hydrogen (secondary N) is 2. The second-order valence-electron chi connectivity index (χ2n) is 32.7. The third kappa shape index (κ3) is 19.5. The van der Waals surface area contributed by atoms with Gasteiger partial charge in [0.2, 0.25) is 70.9 Å². The minimum Gasteiger partial charge on any atom is -0.381 e. The van der Waals surface area contributed by atoms with Crippen LogP contribution in [0.2, 0.25) is 0 Å². The third-order valence-corrected chi connectivity index (χ3v) is 25.2. The lowest BCUT2D eigenvalue weighted by atomic mass is 9.73. The Balaban J connectivity index is 1.20. The number of hydrogen-bond acceptors (Lipinski definition) is 13. The number of carbonyl (C=O) groups is 12. The number of fused-ring (bicyclic) bond motifs is 3. The summed E-state index contributed by atoms with van der Waals surface area (Å²) in [6.07, 6.45) is 7.53. The lowest BCUT2D eigenvalue weighted by molar-refractivity contribution is -0.215. The quantitative estimate of drug-likeness (QED) is 0.189. The van der Waals surface area contributed by atoms with Crippen molar-refractivity contribution in [3.8, 4) is 0 Å². The molecule has 2 bridgehead atoms. The number of alkyl halides is 3. The molecule has 2 saturated heterocycles. The molecule has 0 aromatic carbocycles. The summed E-state index contributed by atoms with van der Waals surface area (Å²) in [4.78, 5) is 197. The van der Waals surface area contributed by atoms with E-state index in [-0.39, 0.29) is 113 Å². The van der Waals surface area contributed by atoms with Gasteiger partial charge in [-0.1, -0.05) is 98.1 Å². The minimum absolute atomic E-state index is 0.0119. The second-order valence-corrected chi connectivity index (χ2v) is 32.7. The van der Waals surface area contributed by atoms with Gasteiger partial charge in [0.25, 0.3) is 0 Å². The summed E-state index contributed by atoms with van der Waals surface area (Å²) < 4.78 is 48.4. The maximum absolute atomic E-state index is 15.7. The van der Waals surface area contributed by atoms with Crippen LogP contribution in [0.4, 0.5) is 13.2 Å². The number of carbonyl (C=O) groups excluding carboxylic acids is 12. The van der Waals surface area contributed by atoms with Crippen LogP contribution in [-0.4, -0.2) is 282 Å². The molecule has 3 unspecified atom stereocenters. The van der Waals surface area contributed by atoms with Crippen LogP contribution in [0.5, 0.6) is 0 Å². The number of hydrogen-bond donors (Lipinski definition) is 2. The molecule has 3 heterocycles. The van der Waals surface area contributed by atoms with Gasteiger partial charge in [0, 0.05) is 82.6 Å². The highest BCUT2D eigenvalue weighted by molar-refractivity contribution is 6.01. The topological polar surface area (TPSA) is 271 Å². The SMILES string of the molecule is CCC[C@H]1C(=O)N[C@@H]([C@@H](C)CC)C(=O)N(C2CC2)CC(=O)N(C)[C@H]2C/C=C\CCN(C2=O)[C@@H](CC2CCC(C)CC2)C(=O)N(C)CC(=O)N[C@@H](CCC2CCC(C(F)(F)F)C(OC)C2)C(=O)N2C[C@@H](C)C[C@H]2C(=O)N(C)C2(CCC2)C(=O)N(C)[C@@H](C2CCCC2)C(=O)N(C)[C@H](C(=O)N(C)C)CC(=O)N1C. The Labute approximate surface area is 620 Å². The average molecular weight is 1480 g/mol. The Bertz CT molecular complexity index is 3150. The molecule has 590 valence electrons. The first-order valence-corrected chi connectivity index (χ1v) is 39.1. The number of nitrogens with zero attached hydrogens (tertiary/aromatic N) is 10. The van der Waals surface area contributed by atoms with Gasteiger partial charge in [-0.25, -0.2) is 0 Å². The molecule has 2 N–H and O–H groups in total. The van der Waals surface area contributed by atoms with Gasteiger partial charge >= 0.3 is 6.18 Å². The molecule has 12 amide bonds. The molecular formula is C77H123F3N12O13. The van der Waals surface area contributed by atoms with Crippen molar-refractivity contribution in [1.29, 1.82) is 0 Å². The van der Waals surface area contributed by atoms with Crippen molar-refractivity contribution in [1.82, 2.24) is 59.6 Å². The fourth-order valence-electron chi connectivity index (χ4n) is 17.8. The lowest BCUT2D eigenvalue weighted by Crippen LogP contribution is -2.68.